The monoisotopic (exact) mass is 328 g/mol. The Kier molecular flexibility index (Phi) is 7.70. The summed E-state index contributed by atoms with van der Waals surface area (Å²) in [6.45, 7) is 1.16. The Hall–Kier alpha value is -1.79. The van der Waals surface area contributed by atoms with Crippen LogP contribution < -0.4 is 15.4 Å². The van der Waals surface area contributed by atoms with Gasteiger partial charge in [-0.25, -0.2) is 0 Å². The van der Waals surface area contributed by atoms with Gasteiger partial charge in [0, 0.05) is 5.69 Å². The summed E-state index contributed by atoms with van der Waals surface area (Å²) < 4.78 is 9.94. The van der Waals surface area contributed by atoms with Crippen LogP contribution >= 0.6 is 12.4 Å². The third-order valence-corrected chi connectivity index (χ3v) is 3.30. The molecule has 0 bridgehead atoms. The van der Waals surface area contributed by atoms with Gasteiger partial charge >= 0.3 is 5.97 Å². The van der Waals surface area contributed by atoms with E-state index in [4.69, 9.17) is 4.74 Å². The minimum absolute atomic E-state index is 0. The van der Waals surface area contributed by atoms with Crippen molar-refractivity contribution < 1.29 is 19.1 Å². The molecule has 1 aliphatic heterocycles. The molecule has 1 saturated heterocycles. The summed E-state index contributed by atoms with van der Waals surface area (Å²) in [6.07, 6.45) is 2.12. The summed E-state index contributed by atoms with van der Waals surface area (Å²) in [6, 6.07) is 6.98. The van der Waals surface area contributed by atoms with Crippen LogP contribution in [0.1, 0.15) is 19.3 Å². The van der Waals surface area contributed by atoms with Crippen molar-refractivity contribution in [3.63, 3.8) is 0 Å². The number of benzene rings is 1. The maximum Gasteiger partial charge on any atom is 0.308 e. The number of halogens is 1. The number of hydrogen-bond acceptors (Lipinski definition) is 5. The summed E-state index contributed by atoms with van der Waals surface area (Å²) in [5, 5.41) is 6.01. The number of ether oxygens (including phenoxy) is 2. The second-order valence-electron chi connectivity index (χ2n) is 4.84. The number of rotatable bonds is 6. The second-order valence-corrected chi connectivity index (χ2v) is 4.84. The smallest absolute Gasteiger partial charge is 0.308 e. The first-order chi connectivity index (χ1) is 10.2. The van der Waals surface area contributed by atoms with E-state index in [1.807, 2.05) is 0 Å². The number of nitrogens with one attached hydrogen (secondary N) is 2. The zero-order valence-electron chi connectivity index (χ0n) is 12.5. The van der Waals surface area contributed by atoms with Gasteiger partial charge in [0.2, 0.25) is 5.91 Å². The number of carbonyl (C=O) groups is 2. The zero-order chi connectivity index (χ0) is 15.1. The van der Waals surface area contributed by atoms with Crippen LogP contribution in [0.15, 0.2) is 24.3 Å². The molecule has 1 atom stereocenters. The minimum atomic E-state index is -0.303. The van der Waals surface area contributed by atoms with Gasteiger partial charge < -0.3 is 20.1 Å². The van der Waals surface area contributed by atoms with E-state index in [9.17, 15) is 9.59 Å². The third-order valence-electron chi connectivity index (χ3n) is 3.30. The SMILES string of the molecule is COC(=O)CCOc1ccc(NC(=O)C2CCCN2)cc1.Cl. The highest BCUT2D eigenvalue weighted by Gasteiger charge is 2.21. The molecule has 1 heterocycles. The molecular formula is C15H21ClN2O4. The van der Waals surface area contributed by atoms with Crippen molar-refractivity contribution in [2.45, 2.75) is 25.3 Å². The van der Waals surface area contributed by atoms with Crippen molar-refractivity contribution in [1.82, 2.24) is 5.32 Å². The normalized spacial score (nSPS) is 16.5. The number of amides is 1. The molecular weight excluding hydrogens is 308 g/mol. The van der Waals surface area contributed by atoms with E-state index in [0.717, 1.165) is 25.1 Å². The van der Waals surface area contributed by atoms with E-state index in [1.165, 1.54) is 7.11 Å². The fourth-order valence-corrected chi connectivity index (χ4v) is 2.13. The molecule has 22 heavy (non-hydrogen) atoms. The van der Waals surface area contributed by atoms with E-state index < -0.39 is 0 Å². The maximum absolute atomic E-state index is 11.9. The minimum Gasteiger partial charge on any atom is -0.493 e. The molecule has 1 aromatic carbocycles. The predicted octanol–water partition coefficient (Wildman–Crippen LogP) is 1.74. The Bertz CT molecular complexity index is 487. The van der Waals surface area contributed by atoms with Crippen molar-refractivity contribution in [3.8, 4) is 5.75 Å². The van der Waals surface area contributed by atoms with E-state index in [2.05, 4.69) is 15.4 Å². The van der Waals surface area contributed by atoms with Crippen LogP contribution in [0.4, 0.5) is 5.69 Å². The van der Waals surface area contributed by atoms with Gasteiger partial charge in [-0.15, -0.1) is 12.4 Å². The quantitative estimate of drug-likeness (QED) is 0.778. The van der Waals surface area contributed by atoms with Crippen molar-refractivity contribution >= 4 is 30.0 Å². The van der Waals surface area contributed by atoms with Crippen molar-refractivity contribution in [2.75, 3.05) is 25.6 Å². The van der Waals surface area contributed by atoms with Crippen molar-refractivity contribution in [3.05, 3.63) is 24.3 Å². The highest BCUT2D eigenvalue weighted by Crippen LogP contribution is 2.17. The molecule has 0 aromatic heterocycles. The van der Waals surface area contributed by atoms with Crippen LogP contribution in [0.5, 0.6) is 5.75 Å². The van der Waals surface area contributed by atoms with Crippen molar-refractivity contribution in [2.24, 2.45) is 0 Å². The lowest BCUT2D eigenvalue weighted by Crippen LogP contribution is -2.35. The molecule has 0 radical (unpaired) electrons. The molecule has 0 saturated carbocycles. The zero-order valence-corrected chi connectivity index (χ0v) is 13.3. The fraction of sp³-hybridized carbons (Fsp3) is 0.467. The van der Waals surface area contributed by atoms with E-state index in [-0.39, 0.29) is 43.4 Å². The molecule has 2 rings (SSSR count). The maximum atomic E-state index is 11.9. The molecule has 2 N–H and O–H groups in total. The van der Waals surface area contributed by atoms with Crippen LogP contribution in [0.2, 0.25) is 0 Å². The van der Waals surface area contributed by atoms with Crippen LogP contribution in [0, 0.1) is 0 Å². The Morgan fingerprint density at radius 2 is 2.05 bits per heavy atom. The van der Waals surface area contributed by atoms with Crippen LogP contribution in [0.3, 0.4) is 0 Å². The molecule has 0 aliphatic carbocycles. The first-order valence-electron chi connectivity index (χ1n) is 7.03. The van der Waals surface area contributed by atoms with Gasteiger partial charge in [0.15, 0.2) is 0 Å². The Balaban J connectivity index is 0.00000242. The predicted molar refractivity (Wildman–Crippen MR) is 85.5 cm³/mol. The van der Waals surface area contributed by atoms with Crippen molar-refractivity contribution in [1.29, 1.82) is 0 Å². The van der Waals surface area contributed by atoms with Gasteiger partial charge in [-0.3, -0.25) is 9.59 Å². The molecule has 6 nitrogen and oxygen atoms in total. The largest absolute Gasteiger partial charge is 0.493 e. The Labute approximate surface area is 136 Å². The van der Waals surface area contributed by atoms with E-state index in [0.29, 0.717) is 5.75 Å². The average Bonchev–Trinajstić information content (AvgIpc) is 3.03. The molecule has 1 aliphatic rings. The van der Waals surface area contributed by atoms with Crippen LogP contribution in [-0.2, 0) is 14.3 Å². The molecule has 1 fully saturated rings. The molecule has 1 aromatic rings. The number of anilines is 1. The van der Waals surface area contributed by atoms with Gasteiger partial charge in [-0.05, 0) is 43.7 Å². The average molecular weight is 329 g/mol. The molecule has 1 unspecified atom stereocenters. The lowest BCUT2D eigenvalue weighted by Gasteiger charge is -2.11. The van der Waals surface area contributed by atoms with E-state index in [1.54, 1.807) is 24.3 Å². The molecule has 1 amide bonds. The molecule has 0 spiro atoms. The summed E-state index contributed by atoms with van der Waals surface area (Å²) in [5.74, 6) is 0.339. The third kappa shape index (κ3) is 5.54. The van der Waals surface area contributed by atoms with Gasteiger partial charge in [0.25, 0.3) is 0 Å². The summed E-state index contributed by atoms with van der Waals surface area (Å²) in [7, 11) is 1.35. The standard InChI is InChI=1S/C15H20N2O4.ClH/c1-20-14(18)8-10-21-12-6-4-11(5-7-12)17-15(19)13-3-2-9-16-13;/h4-7,13,16H,2-3,8-10H2,1H3,(H,17,19);1H. The second kappa shape index (κ2) is 9.27. The number of hydrogen-bond donors (Lipinski definition) is 2. The van der Waals surface area contributed by atoms with Crippen LogP contribution in [0.25, 0.3) is 0 Å². The number of carbonyl (C=O) groups excluding carboxylic acids is 2. The Morgan fingerprint density at radius 3 is 2.64 bits per heavy atom. The van der Waals surface area contributed by atoms with Gasteiger partial charge in [0.05, 0.1) is 26.2 Å². The molecule has 122 valence electrons. The summed E-state index contributed by atoms with van der Waals surface area (Å²) in [5.41, 5.74) is 0.731. The van der Waals surface area contributed by atoms with E-state index >= 15 is 0 Å². The fourth-order valence-electron chi connectivity index (χ4n) is 2.13. The number of methoxy groups -OCH3 is 1. The summed E-state index contributed by atoms with van der Waals surface area (Å²) >= 11 is 0. The topological polar surface area (TPSA) is 76.7 Å². The lowest BCUT2D eigenvalue weighted by molar-refractivity contribution is -0.141. The van der Waals surface area contributed by atoms with Crippen LogP contribution in [-0.4, -0.2) is 38.2 Å². The first kappa shape index (κ1) is 18.3. The van der Waals surface area contributed by atoms with Gasteiger partial charge in [-0.2, -0.15) is 0 Å². The number of esters is 1. The van der Waals surface area contributed by atoms with Gasteiger partial charge in [-0.1, -0.05) is 0 Å². The molecule has 7 heteroatoms. The summed E-state index contributed by atoms with van der Waals surface area (Å²) in [4.78, 5) is 22.9. The highest BCUT2D eigenvalue weighted by molar-refractivity contribution is 5.95. The lowest BCUT2D eigenvalue weighted by atomic mass is 10.2. The highest BCUT2D eigenvalue weighted by atomic mass is 35.5. The Morgan fingerprint density at radius 1 is 1.32 bits per heavy atom. The first-order valence-corrected chi connectivity index (χ1v) is 7.03. The van der Waals surface area contributed by atoms with Gasteiger partial charge in [0.1, 0.15) is 5.75 Å².